The Bertz CT molecular complexity index is 982. The van der Waals surface area contributed by atoms with E-state index < -0.39 is 0 Å². The van der Waals surface area contributed by atoms with Crippen LogP contribution in [0.25, 0.3) is 21.9 Å². The fraction of sp³-hybridized carbons (Fsp3) is 0.333. The average Bonchev–Trinajstić information content (AvgIpc) is 3.28. The molecule has 0 saturated carbocycles. The van der Waals surface area contributed by atoms with Crippen molar-refractivity contribution in [2.45, 2.75) is 12.8 Å². The van der Waals surface area contributed by atoms with E-state index in [2.05, 4.69) is 26.3 Å². The van der Waals surface area contributed by atoms with Crippen molar-refractivity contribution in [1.82, 2.24) is 20.3 Å². The van der Waals surface area contributed by atoms with Gasteiger partial charge in [0.15, 0.2) is 0 Å². The predicted molar refractivity (Wildman–Crippen MR) is 91.7 cm³/mol. The molecule has 1 atom stereocenters. The lowest BCUT2D eigenvalue weighted by molar-refractivity contribution is -0.120. The van der Waals surface area contributed by atoms with E-state index in [1.807, 2.05) is 0 Å². The van der Waals surface area contributed by atoms with E-state index in [0.717, 1.165) is 35.0 Å². The van der Waals surface area contributed by atoms with Gasteiger partial charge in [0.1, 0.15) is 5.82 Å². The first-order valence-corrected chi connectivity index (χ1v) is 8.25. The van der Waals surface area contributed by atoms with E-state index in [1.165, 1.54) is 0 Å². The maximum Gasteiger partial charge on any atom is 0.227 e. The number of nitrogens with one attached hydrogen (secondary N) is 2. The van der Waals surface area contributed by atoms with E-state index in [1.54, 1.807) is 24.4 Å². The van der Waals surface area contributed by atoms with Crippen LogP contribution in [0.1, 0.15) is 17.8 Å². The molecule has 1 aliphatic rings. The number of ether oxygens (including phenoxy) is 1. The molecule has 1 aliphatic heterocycles. The normalized spacial score (nSPS) is 17.0. The minimum absolute atomic E-state index is 0.0686. The summed E-state index contributed by atoms with van der Waals surface area (Å²) in [5, 5.41) is 12.8. The van der Waals surface area contributed by atoms with Crippen LogP contribution in [0.15, 0.2) is 24.4 Å². The summed E-state index contributed by atoms with van der Waals surface area (Å²) in [5.41, 5.74) is 2.82. The van der Waals surface area contributed by atoms with Crippen LogP contribution in [0, 0.1) is 17.2 Å². The van der Waals surface area contributed by atoms with Crippen molar-refractivity contribution in [2.75, 3.05) is 19.8 Å². The number of H-pyrrole nitrogens is 1. The van der Waals surface area contributed by atoms with Crippen molar-refractivity contribution in [3.63, 3.8) is 0 Å². The molecule has 2 aromatic heterocycles. The fourth-order valence-electron chi connectivity index (χ4n) is 3.08. The molecule has 0 radical (unpaired) electrons. The summed E-state index contributed by atoms with van der Waals surface area (Å²) in [5.74, 6) is 0.921. The maximum absolute atomic E-state index is 12.1. The van der Waals surface area contributed by atoms with Crippen LogP contribution in [0.4, 0.5) is 0 Å². The minimum atomic E-state index is -0.0686. The standard InChI is InChI=1S/C18H17N5O2/c19-7-11-1-2-14-13(5-11)18-15(9-20-14)22-16(23-18)6-17(24)21-8-12-3-4-25-10-12/h1-2,5,9,12H,3-4,6,8,10H2,(H,21,24)(H,22,23)/t12-/m0/s1. The van der Waals surface area contributed by atoms with Crippen LogP contribution in [-0.2, 0) is 16.0 Å². The first-order valence-electron chi connectivity index (χ1n) is 8.25. The van der Waals surface area contributed by atoms with Crippen molar-refractivity contribution in [3.05, 3.63) is 35.8 Å². The van der Waals surface area contributed by atoms with Crippen molar-refractivity contribution in [1.29, 1.82) is 5.26 Å². The SMILES string of the molecule is N#Cc1ccc2ncc3[nH]c(CC(=O)NC[C@@H]4CCOC4)nc3c2c1. The molecule has 1 amide bonds. The summed E-state index contributed by atoms with van der Waals surface area (Å²) in [7, 11) is 0. The number of nitriles is 1. The molecular weight excluding hydrogens is 318 g/mol. The highest BCUT2D eigenvalue weighted by atomic mass is 16.5. The Kier molecular flexibility index (Phi) is 4.04. The Balaban J connectivity index is 1.55. The number of benzene rings is 1. The monoisotopic (exact) mass is 335 g/mol. The molecule has 3 heterocycles. The first kappa shape index (κ1) is 15.5. The van der Waals surface area contributed by atoms with Crippen LogP contribution in [0.5, 0.6) is 0 Å². The zero-order chi connectivity index (χ0) is 17.2. The van der Waals surface area contributed by atoms with Gasteiger partial charge in [-0.15, -0.1) is 0 Å². The molecular formula is C18H17N5O2. The topological polar surface area (TPSA) is 104 Å². The van der Waals surface area contributed by atoms with E-state index in [-0.39, 0.29) is 12.3 Å². The number of carbonyl (C=O) groups excluding carboxylic acids is 1. The summed E-state index contributed by atoms with van der Waals surface area (Å²) in [6.45, 7) is 2.12. The molecule has 7 nitrogen and oxygen atoms in total. The van der Waals surface area contributed by atoms with Gasteiger partial charge < -0.3 is 15.0 Å². The van der Waals surface area contributed by atoms with Gasteiger partial charge in [0.25, 0.3) is 0 Å². The third-order valence-electron chi connectivity index (χ3n) is 4.43. The molecule has 1 fully saturated rings. The number of imidazole rings is 1. The highest BCUT2D eigenvalue weighted by Gasteiger charge is 2.17. The summed E-state index contributed by atoms with van der Waals surface area (Å²) < 4.78 is 5.31. The summed E-state index contributed by atoms with van der Waals surface area (Å²) in [4.78, 5) is 24.2. The van der Waals surface area contributed by atoms with Gasteiger partial charge in [0.2, 0.25) is 5.91 Å². The molecule has 0 bridgehead atoms. The average molecular weight is 335 g/mol. The first-order chi connectivity index (χ1) is 12.2. The van der Waals surface area contributed by atoms with Crippen molar-refractivity contribution < 1.29 is 9.53 Å². The van der Waals surface area contributed by atoms with Crippen LogP contribution >= 0.6 is 0 Å². The minimum Gasteiger partial charge on any atom is -0.381 e. The molecule has 1 saturated heterocycles. The van der Waals surface area contributed by atoms with Gasteiger partial charge in [0, 0.05) is 24.5 Å². The van der Waals surface area contributed by atoms with E-state index in [9.17, 15) is 4.79 Å². The largest absolute Gasteiger partial charge is 0.381 e. The maximum atomic E-state index is 12.1. The number of hydrogen-bond acceptors (Lipinski definition) is 5. The second-order valence-electron chi connectivity index (χ2n) is 6.26. The molecule has 1 aromatic carbocycles. The highest BCUT2D eigenvalue weighted by molar-refractivity contribution is 6.02. The van der Waals surface area contributed by atoms with Crippen LogP contribution < -0.4 is 5.32 Å². The number of nitrogens with zero attached hydrogens (tertiary/aromatic N) is 3. The molecule has 126 valence electrons. The molecule has 0 aliphatic carbocycles. The molecule has 0 spiro atoms. The lowest BCUT2D eigenvalue weighted by atomic mass is 10.1. The van der Waals surface area contributed by atoms with Gasteiger partial charge in [-0.1, -0.05) is 0 Å². The summed E-state index contributed by atoms with van der Waals surface area (Å²) in [6.07, 6.45) is 2.87. The quantitative estimate of drug-likeness (QED) is 0.755. The number of amides is 1. The molecule has 0 unspecified atom stereocenters. The number of carbonyl (C=O) groups is 1. The smallest absolute Gasteiger partial charge is 0.227 e. The molecule has 25 heavy (non-hydrogen) atoms. The third-order valence-corrected chi connectivity index (χ3v) is 4.43. The van der Waals surface area contributed by atoms with Gasteiger partial charge in [-0.05, 0) is 24.6 Å². The Morgan fingerprint density at radius 2 is 2.40 bits per heavy atom. The Hall–Kier alpha value is -2.98. The molecule has 2 N–H and O–H groups in total. The fourth-order valence-corrected chi connectivity index (χ4v) is 3.08. The number of fused-ring (bicyclic) bond motifs is 3. The Morgan fingerprint density at radius 3 is 3.20 bits per heavy atom. The van der Waals surface area contributed by atoms with Gasteiger partial charge in [0.05, 0.1) is 47.4 Å². The summed E-state index contributed by atoms with van der Waals surface area (Å²) >= 11 is 0. The van der Waals surface area contributed by atoms with Crippen LogP contribution in [-0.4, -0.2) is 40.6 Å². The van der Waals surface area contributed by atoms with Crippen molar-refractivity contribution >= 4 is 27.8 Å². The van der Waals surface area contributed by atoms with E-state index >= 15 is 0 Å². The number of rotatable bonds is 4. The van der Waals surface area contributed by atoms with E-state index in [4.69, 9.17) is 10.00 Å². The third kappa shape index (κ3) is 3.16. The van der Waals surface area contributed by atoms with Gasteiger partial charge >= 0.3 is 0 Å². The molecule has 7 heteroatoms. The van der Waals surface area contributed by atoms with Gasteiger partial charge in [-0.3, -0.25) is 9.78 Å². The van der Waals surface area contributed by atoms with Crippen LogP contribution in [0.2, 0.25) is 0 Å². The van der Waals surface area contributed by atoms with Crippen LogP contribution in [0.3, 0.4) is 0 Å². The Morgan fingerprint density at radius 1 is 1.48 bits per heavy atom. The van der Waals surface area contributed by atoms with Crippen molar-refractivity contribution in [3.8, 4) is 6.07 Å². The highest BCUT2D eigenvalue weighted by Crippen LogP contribution is 2.23. The van der Waals surface area contributed by atoms with E-state index in [0.29, 0.717) is 30.5 Å². The van der Waals surface area contributed by atoms with Gasteiger partial charge in [-0.25, -0.2) is 4.98 Å². The second-order valence-corrected chi connectivity index (χ2v) is 6.26. The molecule has 3 aromatic rings. The molecule has 4 rings (SSSR count). The zero-order valence-corrected chi connectivity index (χ0v) is 13.6. The van der Waals surface area contributed by atoms with Gasteiger partial charge in [-0.2, -0.15) is 5.26 Å². The second kappa shape index (κ2) is 6.49. The van der Waals surface area contributed by atoms with Crippen molar-refractivity contribution in [2.24, 2.45) is 5.92 Å². The predicted octanol–water partition coefficient (Wildman–Crippen LogP) is 1.68. The number of aromatic nitrogens is 3. The lowest BCUT2D eigenvalue weighted by Crippen LogP contribution is -2.30. The summed E-state index contributed by atoms with van der Waals surface area (Å²) in [6, 6.07) is 7.43. The number of pyridine rings is 1. The lowest BCUT2D eigenvalue weighted by Gasteiger charge is -2.08. The number of hydrogen-bond donors (Lipinski definition) is 2. The Labute approximate surface area is 144 Å². The zero-order valence-electron chi connectivity index (χ0n) is 13.6. The number of aromatic amines is 1.